The highest BCUT2D eigenvalue weighted by Crippen LogP contribution is 2.41. The third-order valence-corrected chi connectivity index (χ3v) is 4.91. The van der Waals surface area contributed by atoms with Gasteiger partial charge in [0.25, 0.3) is 5.91 Å². The number of benzene rings is 2. The van der Waals surface area contributed by atoms with Crippen LogP contribution >= 0.6 is 0 Å². The Hall–Kier alpha value is -3.87. The van der Waals surface area contributed by atoms with Gasteiger partial charge in [0.05, 0.1) is 5.56 Å². The molecule has 0 atom stereocenters. The number of fused-ring (bicyclic) bond motifs is 1. The van der Waals surface area contributed by atoms with Gasteiger partial charge >= 0.3 is 5.97 Å². The quantitative estimate of drug-likeness (QED) is 0.619. The molecule has 0 spiro atoms. The number of hydrogen-bond donors (Lipinski definition) is 2. The highest BCUT2D eigenvalue weighted by Gasteiger charge is 2.33. The zero-order valence-electron chi connectivity index (χ0n) is 17.2. The molecule has 1 aromatic heterocycles. The van der Waals surface area contributed by atoms with Crippen LogP contribution in [0.4, 0.5) is 5.82 Å². The van der Waals surface area contributed by atoms with Crippen molar-refractivity contribution in [3.63, 3.8) is 0 Å². The molecular weight excluding hydrogens is 396 g/mol. The Labute approximate surface area is 179 Å². The van der Waals surface area contributed by atoms with E-state index >= 15 is 0 Å². The molecule has 0 unspecified atom stereocenters. The van der Waals surface area contributed by atoms with E-state index in [1.54, 1.807) is 12.1 Å². The van der Waals surface area contributed by atoms with E-state index in [-0.39, 0.29) is 11.4 Å². The van der Waals surface area contributed by atoms with Gasteiger partial charge in [-0.1, -0.05) is 30.3 Å². The number of aromatic carboxylic acids is 1. The lowest BCUT2D eigenvalue weighted by Gasteiger charge is -2.16. The first-order chi connectivity index (χ1) is 14.8. The molecule has 2 N–H and O–H groups in total. The number of aromatic nitrogens is 1. The molecule has 7 heteroatoms. The Bertz CT molecular complexity index is 1120. The first kappa shape index (κ1) is 20.4. The van der Waals surface area contributed by atoms with Crippen molar-refractivity contribution in [2.45, 2.75) is 32.5 Å². The maximum Gasteiger partial charge on any atom is 0.337 e. The van der Waals surface area contributed by atoms with Crippen LogP contribution in [0.25, 0.3) is 0 Å². The fourth-order valence-corrected chi connectivity index (χ4v) is 3.42. The van der Waals surface area contributed by atoms with Crippen molar-refractivity contribution in [2.75, 3.05) is 5.32 Å². The second-order valence-electron chi connectivity index (χ2n) is 7.96. The number of amides is 1. The van der Waals surface area contributed by atoms with Crippen LogP contribution < -0.4 is 14.8 Å². The zero-order chi connectivity index (χ0) is 22.0. The predicted octanol–water partition coefficient (Wildman–Crippen LogP) is 4.32. The van der Waals surface area contributed by atoms with Gasteiger partial charge in [-0.2, -0.15) is 0 Å². The second-order valence-corrected chi connectivity index (χ2v) is 7.96. The number of hydrogen-bond acceptors (Lipinski definition) is 5. The summed E-state index contributed by atoms with van der Waals surface area (Å²) >= 11 is 0. The maximum absolute atomic E-state index is 12.8. The van der Waals surface area contributed by atoms with Gasteiger partial charge in [0.2, 0.25) is 0 Å². The van der Waals surface area contributed by atoms with Gasteiger partial charge in [0.1, 0.15) is 29.5 Å². The van der Waals surface area contributed by atoms with Gasteiger partial charge in [0.15, 0.2) is 0 Å². The molecule has 7 nitrogen and oxygen atoms in total. The van der Waals surface area contributed by atoms with Crippen LogP contribution in [-0.2, 0) is 13.0 Å². The lowest BCUT2D eigenvalue weighted by atomic mass is 9.99. The summed E-state index contributed by atoms with van der Waals surface area (Å²) in [5, 5.41) is 11.7. The number of carbonyl (C=O) groups excluding carboxylic acids is 1. The minimum atomic E-state index is -1.08. The summed E-state index contributed by atoms with van der Waals surface area (Å²) in [6.45, 7) is 4.35. The van der Waals surface area contributed by atoms with E-state index in [2.05, 4.69) is 10.3 Å². The van der Waals surface area contributed by atoms with Gasteiger partial charge in [0, 0.05) is 23.7 Å². The molecule has 0 bridgehead atoms. The summed E-state index contributed by atoms with van der Waals surface area (Å²) in [6.07, 6.45) is 1.87. The molecule has 2 heterocycles. The molecule has 0 radical (unpaired) electrons. The van der Waals surface area contributed by atoms with Gasteiger partial charge in [-0.15, -0.1) is 0 Å². The Kier molecular flexibility index (Phi) is 5.33. The van der Waals surface area contributed by atoms with E-state index in [1.165, 1.54) is 18.3 Å². The van der Waals surface area contributed by atoms with E-state index in [0.717, 1.165) is 11.1 Å². The van der Waals surface area contributed by atoms with Crippen molar-refractivity contribution in [3.05, 3.63) is 83.0 Å². The number of carbonyl (C=O) groups is 2. The number of carboxylic acids is 1. The number of nitrogens with one attached hydrogen (secondary N) is 1. The van der Waals surface area contributed by atoms with Crippen LogP contribution in [0.5, 0.6) is 11.5 Å². The summed E-state index contributed by atoms with van der Waals surface area (Å²) in [6, 6.07) is 16.0. The Morgan fingerprint density at radius 3 is 2.58 bits per heavy atom. The number of nitrogens with zero attached hydrogens (tertiary/aromatic N) is 1. The van der Waals surface area contributed by atoms with E-state index in [0.29, 0.717) is 30.1 Å². The molecule has 0 saturated heterocycles. The molecule has 1 aliphatic rings. The van der Waals surface area contributed by atoms with Crippen molar-refractivity contribution >= 4 is 17.7 Å². The Balaban J connectivity index is 1.58. The average Bonchev–Trinajstić information content (AvgIpc) is 3.07. The fraction of sp³-hybridized carbons (Fsp3) is 0.208. The summed E-state index contributed by atoms with van der Waals surface area (Å²) in [4.78, 5) is 27.8. The number of pyridine rings is 1. The molecule has 31 heavy (non-hydrogen) atoms. The smallest absolute Gasteiger partial charge is 0.337 e. The van der Waals surface area contributed by atoms with E-state index in [4.69, 9.17) is 14.6 Å². The van der Waals surface area contributed by atoms with Crippen LogP contribution in [0.2, 0.25) is 0 Å². The van der Waals surface area contributed by atoms with Crippen molar-refractivity contribution in [1.29, 1.82) is 0 Å². The molecule has 158 valence electrons. The maximum atomic E-state index is 12.8. The van der Waals surface area contributed by atoms with Crippen molar-refractivity contribution < 1.29 is 24.2 Å². The summed E-state index contributed by atoms with van der Waals surface area (Å²) in [5.41, 5.74) is 1.97. The zero-order valence-corrected chi connectivity index (χ0v) is 17.2. The molecule has 0 fully saturated rings. The number of rotatable bonds is 6. The molecule has 3 aromatic rings. The Morgan fingerprint density at radius 2 is 1.90 bits per heavy atom. The van der Waals surface area contributed by atoms with Crippen LogP contribution in [0.1, 0.15) is 45.7 Å². The Morgan fingerprint density at radius 1 is 1.13 bits per heavy atom. The predicted molar refractivity (Wildman–Crippen MR) is 115 cm³/mol. The van der Waals surface area contributed by atoms with E-state index < -0.39 is 17.5 Å². The third kappa shape index (κ3) is 4.66. The molecule has 1 aliphatic heterocycles. The number of ether oxygens (including phenoxy) is 2. The van der Waals surface area contributed by atoms with Gasteiger partial charge in [-0.3, -0.25) is 4.79 Å². The van der Waals surface area contributed by atoms with Gasteiger partial charge in [-0.25, -0.2) is 9.78 Å². The summed E-state index contributed by atoms with van der Waals surface area (Å²) in [7, 11) is 0. The summed E-state index contributed by atoms with van der Waals surface area (Å²) in [5.74, 6) is 0.00451. The molecule has 1 amide bonds. The molecule has 0 aliphatic carbocycles. The molecule has 4 rings (SSSR count). The SMILES string of the molecule is CC1(C)Cc2c(OCc3ccccc3)cc(C(=O)Nc3ccc(C(=O)O)cn3)cc2O1. The van der Waals surface area contributed by atoms with Gasteiger partial charge in [-0.05, 0) is 43.7 Å². The minimum Gasteiger partial charge on any atom is -0.488 e. The largest absolute Gasteiger partial charge is 0.488 e. The monoisotopic (exact) mass is 418 g/mol. The van der Waals surface area contributed by atoms with Crippen LogP contribution in [0.15, 0.2) is 60.8 Å². The average molecular weight is 418 g/mol. The highest BCUT2D eigenvalue weighted by atomic mass is 16.5. The van der Waals surface area contributed by atoms with Crippen molar-refractivity contribution in [1.82, 2.24) is 4.98 Å². The lowest BCUT2D eigenvalue weighted by Crippen LogP contribution is -2.24. The topological polar surface area (TPSA) is 97.8 Å². The molecule has 2 aromatic carbocycles. The van der Waals surface area contributed by atoms with Crippen LogP contribution in [0, 0.1) is 0 Å². The summed E-state index contributed by atoms with van der Waals surface area (Å²) < 4.78 is 12.1. The van der Waals surface area contributed by atoms with E-state index in [9.17, 15) is 9.59 Å². The van der Waals surface area contributed by atoms with Gasteiger partial charge < -0.3 is 19.9 Å². The minimum absolute atomic E-state index is 0.0442. The fourth-order valence-electron chi connectivity index (χ4n) is 3.42. The lowest BCUT2D eigenvalue weighted by molar-refractivity contribution is 0.0696. The first-order valence-corrected chi connectivity index (χ1v) is 9.84. The highest BCUT2D eigenvalue weighted by molar-refractivity contribution is 6.04. The van der Waals surface area contributed by atoms with Crippen molar-refractivity contribution in [3.8, 4) is 11.5 Å². The number of anilines is 1. The van der Waals surface area contributed by atoms with Crippen LogP contribution in [-0.4, -0.2) is 27.6 Å². The normalized spacial score (nSPS) is 13.7. The van der Waals surface area contributed by atoms with Crippen molar-refractivity contribution in [2.24, 2.45) is 0 Å². The second kappa shape index (κ2) is 8.10. The van der Waals surface area contributed by atoms with E-state index in [1.807, 2.05) is 44.2 Å². The molecule has 0 saturated carbocycles. The third-order valence-electron chi connectivity index (χ3n) is 4.91. The first-order valence-electron chi connectivity index (χ1n) is 9.84. The van der Waals surface area contributed by atoms with Crippen LogP contribution in [0.3, 0.4) is 0 Å². The standard InChI is InChI=1S/C24H22N2O5/c1-24(2)12-18-19(30-14-15-6-4-3-5-7-15)10-17(11-20(18)31-24)22(27)26-21-9-8-16(13-25-21)23(28)29/h3-11,13H,12,14H2,1-2H3,(H,28,29)(H,25,26,27). The molecular formula is C24H22N2O5. The number of carboxylic acid groups (broad SMARTS) is 1.